The Kier molecular flexibility index (Phi) is 3.57. The van der Waals surface area contributed by atoms with Gasteiger partial charge in [0.05, 0.1) is 10.7 Å². The molecule has 4 heteroatoms. The van der Waals surface area contributed by atoms with Crippen molar-refractivity contribution in [1.82, 2.24) is 0 Å². The molecule has 1 aromatic rings. The first-order valence-corrected chi connectivity index (χ1v) is 6.29. The number of anilines is 1. The highest BCUT2D eigenvalue weighted by Crippen LogP contribution is 2.38. The van der Waals surface area contributed by atoms with E-state index < -0.39 is 5.97 Å². The average Bonchev–Trinajstić information content (AvgIpc) is 2.96. The van der Waals surface area contributed by atoms with Gasteiger partial charge in [-0.1, -0.05) is 31.0 Å². The van der Waals surface area contributed by atoms with E-state index in [1.54, 1.807) is 18.2 Å². The summed E-state index contributed by atoms with van der Waals surface area (Å²) in [7, 11) is 0. The van der Waals surface area contributed by atoms with E-state index in [1.165, 1.54) is 12.8 Å². The maximum absolute atomic E-state index is 11.1. The van der Waals surface area contributed by atoms with Crippen molar-refractivity contribution in [3.63, 3.8) is 0 Å². The Hall–Kier alpha value is -1.22. The molecule has 2 atom stereocenters. The van der Waals surface area contributed by atoms with Crippen molar-refractivity contribution in [3.05, 3.63) is 28.8 Å². The van der Waals surface area contributed by atoms with Gasteiger partial charge >= 0.3 is 5.97 Å². The average molecular weight is 254 g/mol. The summed E-state index contributed by atoms with van der Waals surface area (Å²) in [5.41, 5.74) is 0.810. The highest BCUT2D eigenvalue weighted by atomic mass is 35.5. The van der Waals surface area contributed by atoms with Crippen LogP contribution in [-0.2, 0) is 0 Å². The minimum absolute atomic E-state index is 0.177. The smallest absolute Gasteiger partial charge is 0.339 e. The number of hydrogen-bond acceptors (Lipinski definition) is 2. The monoisotopic (exact) mass is 253 g/mol. The number of halogens is 1. The molecule has 2 unspecified atom stereocenters. The Morgan fingerprint density at radius 1 is 1.59 bits per heavy atom. The zero-order valence-corrected chi connectivity index (χ0v) is 10.5. The summed E-state index contributed by atoms with van der Waals surface area (Å²) < 4.78 is 0. The van der Waals surface area contributed by atoms with Gasteiger partial charge in [0.15, 0.2) is 0 Å². The maximum Gasteiger partial charge on any atom is 0.339 e. The van der Waals surface area contributed by atoms with Gasteiger partial charge in [-0.05, 0) is 30.9 Å². The topological polar surface area (TPSA) is 49.3 Å². The molecule has 1 fully saturated rings. The molecule has 0 bridgehead atoms. The Morgan fingerprint density at radius 3 is 3.00 bits per heavy atom. The third kappa shape index (κ3) is 2.72. The highest BCUT2D eigenvalue weighted by molar-refractivity contribution is 6.34. The zero-order valence-electron chi connectivity index (χ0n) is 9.74. The summed E-state index contributed by atoms with van der Waals surface area (Å²) in [6, 6.07) is 5.56. The molecule has 0 saturated heterocycles. The fraction of sp³-hybridized carbons (Fsp3) is 0.462. The summed E-state index contributed by atoms with van der Waals surface area (Å²) in [5, 5.41) is 12.7. The van der Waals surface area contributed by atoms with Crippen molar-refractivity contribution in [2.45, 2.75) is 32.2 Å². The summed E-state index contributed by atoms with van der Waals surface area (Å²) >= 11 is 5.90. The first-order valence-electron chi connectivity index (χ1n) is 5.91. The normalized spacial score (nSPS) is 22.2. The molecule has 3 nitrogen and oxygen atoms in total. The van der Waals surface area contributed by atoms with E-state index in [2.05, 4.69) is 12.2 Å². The lowest BCUT2D eigenvalue weighted by atomic mass is 10.1. The van der Waals surface area contributed by atoms with E-state index in [1.807, 2.05) is 0 Å². The number of rotatable bonds is 5. The molecular weight excluding hydrogens is 238 g/mol. The molecular formula is C13H16ClNO2. The minimum atomic E-state index is -0.981. The largest absolute Gasteiger partial charge is 0.478 e. The molecule has 0 aliphatic heterocycles. The minimum Gasteiger partial charge on any atom is -0.478 e. The Bertz CT molecular complexity index is 433. The molecule has 0 spiro atoms. The van der Waals surface area contributed by atoms with Gasteiger partial charge in [-0.3, -0.25) is 0 Å². The molecule has 0 aromatic heterocycles. The number of nitrogens with one attached hydrogen (secondary N) is 1. The van der Waals surface area contributed by atoms with Crippen LogP contribution >= 0.6 is 11.6 Å². The number of aromatic carboxylic acids is 1. The van der Waals surface area contributed by atoms with Gasteiger partial charge in [0, 0.05) is 6.04 Å². The molecule has 0 amide bonds. The van der Waals surface area contributed by atoms with Gasteiger partial charge in [-0.2, -0.15) is 0 Å². The van der Waals surface area contributed by atoms with Crippen LogP contribution in [0.2, 0.25) is 5.02 Å². The van der Waals surface area contributed by atoms with Gasteiger partial charge in [0.2, 0.25) is 0 Å². The third-order valence-corrected chi connectivity index (χ3v) is 3.47. The SMILES string of the molecule is CCCC1CC1Nc1cccc(Cl)c1C(=O)O. The standard InChI is InChI=1S/C13H16ClNO2/c1-2-4-8-7-11(8)15-10-6-3-5-9(14)12(10)13(16)17/h3,5-6,8,11,15H,2,4,7H2,1H3,(H,16,17). The molecule has 2 N–H and O–H groups in total. The second-order valence-electron chi connectivity index (χ2n) is 4.50. The number of carboxylic acids is 1. The quantitative estimate of drug-likeness (QED) is 0.842. The first kappa shape index (κ1) is 12.2. The van der Waals surface area contributed by atoms with Crippen LogP contribution in [0.25, 0.3) is 0 Å². The van der Waals surface area contributed by atoms with Gasteiger partial charge in [0.1, 0.15) is 5.56 Å². The molecule has 17 heavy (non-hydrogen) atoms. The summed E-state index contributed by atoms with van der Waals surface area (Å²) in [4.78, 5) is 11.1. The van der Waals surface area contributed by atoms with Crippen LogP contribution in [0.4, 0.5) is 5.69 Å². The van der Waals surface area contributed by atoms with E-state index in [0.29, 0.717) is 17.6 Å². The Labute approximate surface area is 106 Å². The van der Waals surface area contributed by atoms with E-state index in [0.717, 1.165) is 6.42 Å². The molecule has 1 aliphatic carbocycles. The molecule has 2 rings (SSSR count). The van der Waals surface area contributed by atoms with Crippen molar-refractivity contribution in [2.24, 2.45) is 5.92 Å². The maximum atomic E-state index is 11.1. The lowest BCUT2D eigenvalue weighted by Gasteiger charge is -2.10. The van der Waals surface area contributed by atoms with Crippen LogP contribution in [0, 0.1) is 5.92 Å². The molecule has 1 aliphatic rings. The van der Waals surface area contributed by atoms with Crippen molar-refractivity contribution in [2.75, 3.05) is 5.32 Å². The van der Waals surface area contributed by atoms with E-state index in [-0.39, 0.29) is 10.6 Å². The van der Waals surface area contributed by atoms with Gasteiger partial charge in [0.25, 0.3) is 0 Å². The first-order chi connectivity index (χ1) is 8.13. The number of benzene rings is 1. The fourth-order valence-corrected chi connectivity index (χ4v) is 2.43. The summed E-state index contributed by atoms with van der Waals surface area (Å²) in [6.45, 7) is 2.16. The third-order valence-electron chi connectivity index (χ3n) is 3.15. The van der Waals surface area contributed by atoms with Gasteiger partial charge in [-0.15, -0.1) is 0 Å². The lowest BCUT2D eigenvalue weighted by Crippen LogP contribution is -2.10. The summed E-state index contributed by atoms with van der Waals surface area (Å²) in [5.74, 6) is -0.300. The van der Waals surface area contributed by atoms with Crippen LogP contribution in [0.1, 0.15) is 36.5 Å². The van der Waals surface area contributed by atoms with E-state index in [9.17, 15) is 4.79 Å². The van der Waals surface area contributed by atoms with Crippen molar-refractivity contribution >= 4 is 23.3 Å². The Balaban J connectivity index is 2.11. The second-order valence-corrected chi connectivity index (χ2v) is 4.91. The van der Waals surface area contributed by atoms with Crippen LogP contribution in [0.15, 0.2) is 18.2 Å². The fourth-order valence-electron chi connectivity index (χ4n) is 2.18. The molecule has 0 heterocycles. The van der Waals surface area contributed by atoms with E-state index in [4.69, 9.17) is 16.7 Å². The highest BCUT2D eigenvalue weighted by Gasteiger charge is 2.36. The van der Waals surface area contributed by atoms with Crippen LogP contribution in [0.3, 0.4) is 0 Å². The number of carbonyl (C=O) groups is 1. The molecule has 1 aromatic carbocycles. The Morgan fingerprint density at radius 2 is 2.35 bits per heavy atom. The van der Waals surface area contributed by atoms with E-state index >= 15 is 0 Å². The predicted molar refractivity (Wildman–Crippen MR) is 68.8 cm³/mol. The van der Waals surface area contributed by atoms with Crippen LogP contribution in [-0.4, -0.2) is 17.1 Å². The van der Waals surface area contributed by atoms with Crippen LogP contribution < -0.4 is 5.32 Å². The predicted octanol–water partition coefficient (Wildman–Crippen LogP) is 3.64. The zero-order chi connectivity index (χ0) is 12.4. The summed E-state index contributed by atoms with van der Waals surface area (Å²) in [6.07, 6.45) is 3.49. The molecule has 1 saturated carbocycles. The van der Waals surface area contributed by atoms with Crippen molar-refractivity contribution in [1.29, 1.82) is 0 Å². The lowest BCUT2D eigenvalue weighted by molar-refractivity contribution is 0.0698. The number of hydrogen-bond donors (Lipinski definition) is 2. The second kappa shape index (κ2) is 4.96. The van der Waals surface area contributed by atoms with Gasteiger partial charge in [-0.25, -0.2) is 4.79 Å². The van der Waals surface area contributed by atoms with Crippen molar-refractivity contribution in [3.8, 4) is 0 Å². The van der Waals surface area contributed by atoms with Gasteiger partial charge < -0.3 is 10.4 Å². The van der Waals surface area contributed by atoms with Crippen molar-refractivity contribution < 1.29 is 9.90 Å². The number of carboxylic acid groups (broad SMARTS) is 1. The molecule has 92 valence electrons. The molecule has 0 radical (unpaired) electrons. The van der Waals surface area contributed by atoms with Crippen LogP contribution in [0.5, 0.6) is 0 Å².